The lowest BCUT2D eigenvalue weighted by Crippen LogP contribution is -2.22. The summed E-state index contributed by atoms with van der Waals surface area (Å²) in [6.45, 7) is 10.6. The number of imidazole rings is 1. The number of anilines is 1. The van der Waals surface area contributed by atoms with E-state index in [-0.39, 0.29) is 0 Å². The summed E-state index contributed by atoms with van der Waals surface area (Å²) in [6.07, 6.45) is 6.39. The minimum Gasteiger partial charge on any atom is -0.369 e. The molecule has 5 heteroatoms. The molecule has 2 aromatic heterocycles. The lowest BCUT2D eigenvalue weighted by atomic mass is 9.99. The van der Waals surface area contributed by atoms with E-state index in [0.717, 1.165) is 30.4 Å². The lowest BCUT2D eigenvalue weighted by molar-refractivity contribution is 0.453. The summed E-state index contributed by atoms with van der Waals surface area (Å²) < 4.78 is 2.27. The normalized spacial score (nSPS) is 17.6. The molecule has 1 aliphatic heterocycles. The highest BCUT2D eigenvalue weighted by Gasteiger charge is 2.21. The van der Waals surface area contributed by atoms with E-state index < -0.39 is 0 Å². The second kappa shape index (κ2) is 6.69. The number of hydrogen-bond acceptors (Lipinski definition) is 4. The van der Waals surface area contributed by atoms with Crippen molar-refractivity contribution in [1.29, 1.82) is 0 Å². The standard InChI is InChI=1S/C18H27N5/c1-12(2)15-10-16(22-17(21-15)13(3)4)20-11-14-6-5-8-23-9-7-19-18(14)23/h7,9-10,12-14H,5-6,8,11H2,1-4H3,(H,20,21,22). The van der Waals surface area contributed by atoms with Crippen LogP contribution in [0.1, 0.15) is 75.6 Å². The molecule has 1 unspecified atom stereocenters. The molecule has 124 valence electrons. The Morgan fingerprint density at radius 1 is 1.22 bits per heavy atom. The highest BCUT2D eigenvalue weighted by molar-refractivity contribution is 5.38. The van der Waals surface area contributed by atoms with Gasteiger partial charge in [0.2, 0.25) is 0 Å². The molecule has 3 heterocycles. The van der Waals surface area contributed by atoms with E-state index in [1.807, 2.05) is 6.20 Å². The zero-order chi connectivity index (χ0) is 16.4. The maximum atomic E-state index is 4.69. The first kappa shape index (κ1) is 16.0. The van der Waals surface area contributed by atoms with E-state index in [1.54, 1.807) is 0 Å². The van der Waals surface area contributed by atoms with Gasteiger partial charge in [0.1, 0.15) is 17.5 Å². The minimum atomic E-state index is 0.336. The first-order valence-corrected chi connectivity index (χ1v) is 8.68. The van der Waals surface area contributed by atoms with Crippen LogP contribution in [-0.4, -0.2) is 26.1 Å². The van der Waals surface area contributed by atoms with Crippen molar-refractivity contribution >= 4 is 5.82 Å². The number of rotatable bonds is 5. The summed E-state index contributed by atoms with van der Waals surface area (Å²) in [5.41, 5.74) is 1.11. The Bertz CT molecular complexity index is 633. The predicted molar refractivity (Wildman–Crippen MR) is 92.9 cm³/mol. The van der Waals surface area contributed by atoms with Crippen LogP contribution in [0, 0.1) is 0 Å². The quantitative estimate of drug-likeness (QED) is 0.909. The van der Waals surface area contributed by atoms with Gasteiger partial charge in [0, 0.05) is 49.1 Å². The van der Waals surface area contributed by atoms with Gasteiger partial charge in [-0.25, -0.2) is 15.0 Å². The molecule has 0 radical (unpaired) electrons. The molecule has 0 spiro atoms. The van der Waals surface area contributed by atoms with Crippen molar-refractivity contribution in [3.05, 3.63) is 35.8 Å². The van der Waals surface area contributed by atoms with Crippen LogP contribution in [-0.2, 0) is 6.54 Å². The number of nitrogens with one attached hydrogen (secondary N) is 1. The zero-order valence-electron chi connectivity index (χ0n) is 14.6. The Morgan fingerprint density at radius 3 is 2.78 bits per heavy atom. The molecule has 3 rings (SSSR count). The van der Waals surface area contributed by atoms with Gasteiger partial charge in [-0.15, -0.1) is 0 Å². The number of aromatic nitrogens is 4. The van der Waals surface area contributed by atoms with E-state index in [1.165, 1.54) is 18.7 Å². The Hall–Kier alpha value is -1.91. The monoisotopic (exact) mass is 313 g/mol. The number of aryl methyl sites for hydroxylation is 1. The van der Waals surface area contributed by atoms with E-state index in [9.17, 15) is 0 Å². The fraction of sp³-hybridized carbons (Fsp3) is 0.611. The van der Waals surface area contributed by atoms with Gasteiger partial charge >= 0.3 is 0 Å². The molecular formula is C18H27N5. The third-order valence-electron chi connectivity index (χ3n) is 4.47. The Kier molecular flexibility index (Phi) is 4.64. The van der Waals surface area contributed by atoms with Gasteiger partial charge in [-0.2, -0.15) is 0 Å². The summed E-state index contributed by atoms with van der Waals surface area (Å²) >= 11 is 0. The largest absolute Gasteiger partial charge is 0.369 e. The third-order valence-corrected chi connectivity index (χ3v) is 4.47. The van der Waals surface area contributed by atoms with Crippen LogP contribution in [0.5, 0.6) is 0 Å². The molecule has 0 aromatic carbocycles. The molecule has 2 aromatic rings. The van der Waals surface area contributed by atoms with Crippen molar-refractivity contribution in [2.24, 2.45) is 0 Å². The number of fused-ring (bicyclic) bond motifs is 1. The Morgan fingerprint density at radius 2 is 2.04 bits per heavy atom. The fourth-order valence-corrected chi connectivity index (χ4v) is 3.06. The highest BCUT2D eigenvalue weighted by atomic mass is 15.1. The van der Waals surface area contributed by atoms with Crippen LogP contribution < -0.4 is 5.32 Å². The smallest absolute Gasteiger partial charge is 0.133 e. The van der Waals surface area contributed by atoms with Crippen molar-refractivity contribution in [2.45, 2.75) is 64.8 Å². The van der Waals surface area contributed by atoms with Gasteiger partial charge in [0.15, 0.2) is 0 Å². The van der Waals surface area contributed by atoms with Crippen molar-refractivity contribution < 1.29 is 0 Å². The fourth-order valence-electron chi connectivity index (χ4n) is 3.06. The van der Waals surface area contributed by atoms with Crippen LogP contribution in [0.15, 0.2) is 18.5 Å². The molecule has 0 bridgehead atoms. The van der Waals surface area contributed by atoms with Crippen LogP contribution in [0.4, 0.5) is 5.82 Å². The lowest BCUT2D eigenvalue weighted by Gasteiger charge is -2.24. The predicted octanol–water partition coefficient (Wildman–Crippen LogP) is 3.91. The average Bonchev–Trinajstić information content (AvgIpc) is 3.01. The van der Waals surface area contributed by atoms with Gasteiger partial charge in [-0.05, 0) is 18.8 Å². The maximum absolute atomic E-state index is 4.69. The van der Waals surface area contributed by atoms with Gasteiger partial charge in [0.25, 0.3) is 0 Å². The second-order valence-electron chi connectivity index (χ2n) is 7.04. The van der Waals surface area contributed by atoms with Gasteiger partial charge < -0.3 is 9.88 Å². The molecule has 0 aliphatic carbocycles. The van der Waals surface area contributed by atoms with Gasteiger partial charge in [-0.1, -0.05) is 27.7 Å². The van der Waals surface area contributed by atoms with Crippen molar-refractivity contribution in [1.82, 2.24) is 19.5 Å². The second-order valence-corrected chi connectivity index (χ2v) is 7.04. The summed E-state index contributed by atoms with van der Waals surface area (Å²) in [4.78, 5) is 13.9. The minimum absolute atomic E-state index is 0.336. The van der Waals surface area contributed by atoms with Crippen LogP contribution in [0.2, 0.25) is 0 Å². The SMILES string of the molecule is CC(C)c1cc(NCC2CCCn3ccnc32)nc(C(C)C)n1. The Balaban J connectivity index is 1.76. The van der Waals surface area contributed by atoms with E-state index >= 15 is 0 Å². The average molecular weight is 313 g/mol. The highest BCUT2D eigenvalue weighted by Crippen LogP contribution is 2.26. The summed E-state index contributed by atoms with van der Waals surface area (Å²) in [5, 5.41) is 3.53. The van der Waals surface area contributed by atoms with Gasteiger partial charge in [0.05, 0.1) is 0 Å². The van der Waals surface area contributed by atoms with Crippen LogP contribution in [0.3, 0.4) is 0 Å². The molecule has 0 saturated carbocycles. The molecule has 1 N–H and O–H groups in total. The van der Waals surface area contributed by atoms with Crippen molar-refractivity contribution in [3.63, 3.8) is 0 Å². The van der Waals surface area contributed by atoms with E-state index in [0.29, 0.717) is 17.8 Å². The number of hydrogen-bond donors (Lipinski definition) is 1. The molecule has 0 fully saturated rings. The van der Waals surface area contributed by atoms with Crippen molar-refractivity contribution in [3.8, 4) is 0 Å². The summed E-state index contributed by atoms with van der Waals surface area (Å²) in [6, 6.07) is 2.09. The summed E-state index contributed by atoms with van der Waals surface area (Å²) in [7, 11) is 0. The first-order valence-electron chi connectivity index (χ1n) is 8.68. The molecular weight excluding hydrogens is 286 g/mol. The maximum Gasteiger partial charge on any atom is 0.133 e. The number of nitrogens with zero attached hydrogens (tertiary/aromatic N) is 4. The molecule has 5 nitrogen and oxygen atoms in total. The van der Waals surface area contributed by atoms with Crippen molar-refractivity contribution in [2.75, 3.05) is 11.9 Å². The third kappa shape index (κ3) is 3.54. The van der Waals surface area contributed by atoms with E-state index in [4.69, 9.17) is 4.98 Å². The first-order chi connectivity index (χ1) is 11.0. The zero-order valence-corrected chi connectivity index (χ0v) is 14.6. The molecule has 1 atom stereocenters. The summed E-state index contributed by atoms with van der Waals surface area (Å²) in [5.74, 6) is 4.26. The molecule has 0 amide bonds. The van der Waals surface area contributed by atoms with E-state index in [2.05, 4.69) is 59.8 Å². The Labute approximate surface area is 138 Å². The molecule has 23 heavy (non-hydrogen) atoms. The molecule has 0 saturated heterocycles. The van der Waals surface area contributed by atoms with Crippen LogP contribution >= 0.6 is 0 Å². The van der Waals surface area contributed by atoms with Gasteiger partial charge in [-0.3, -0.25) is 0 Å². The van der Waals surface area contributed by atoms with Crippen LogP contribution in [0.25, 0.3) is 0 Å². The topological polar surface area (TPSA) is 55.6 Å². The molecule has 1 aliphatic rings.